The average Bonchev–Trinajstić information content (AvgIpc) is 2.56. The Morgan fingerprint density at radius 2 is 1.88 bits per heavy atom. The minimum Gasteiger partial charge on any atom is -0.337 e. The van der Waals surface area contributed by atoms with E-state index in [9.17, 15) is 4.79 Å². The van der Waals surface area contributed by atoms with Crippen LogP contribution in [0.5, 0.6) is 0 Å². The number of anilines is 2. The highest BCUT2D eigenvalue weighted by Crippen LogP contribution is 2.20. The predicted octanol–water partition coefficient (Wildman–Crippen LogP) is 4.16. The van der Waals surface area contributed by atoms with Gasteiger partial charge in [0.05, 0.1) is 0 Å². The van der Waals surface area contributed by atoms with Gasteiger partial charge in [0.1, 0.15) is 5.69 Å². The van der Waals surface area contributed by atoms with E-state index in [2.05, 4.69) is 38.1 Å². The lowest BCUT2D eigenvalue weighted by Crippen LogP contribution is -2.38. The van der Waals surface area contributed by atoms with E-state index < -0.39 is 0 Å². The van der Waals surface area contributed by atoms with Crippen LogP contribution in [0.4, 0.5) is 11.6 Å². The van der Waals surface area contributed by atoms with E-state index in [1.165, 1.54) is 0 Å². The van der Waals surface area contributed by atoms with E-state index in [4.69, 9.17) is 0 Å². The molecule has 0 aliphatic carbocycles. The number of piperidine rings is 1. The van der Waals surface area contributed by atoms with Crippen molar-refractivity contribution in [1.29, 1.82) is 0 Å². The van der Waals surface area contributed by atoms with E-state index in [0.29, 0.717) is 17.6 Å². The molecule has 3 rings (SSSR count). The second-order valence-electron chi connectivity index (χ2n) is 6.32. The summed E-state index contributed by atoms with van der Waals surface area (Å²) in [6.45, 7) is 5.72. The summed E-state index contributed by atoms with van der Waals surface area (Å²) in [6, 6.07) is 9.51. The molecule has 5 nitrogen and oxygen atoms in total. The zero-order chi connectivity index (χ0) is 17.1. The van der Waals surface area contributed by atoms with Gasteiger partial charge in [-0.25, -0.2) is 9.97 Å². The lowest BCUT2D eigenvalue weighted by atomic mass is 9.99. The lowest BCUT2D eigenvalue weighted by Gasteiger charge is -2.30. The number of benzene rings is 1. The van der Waals surface area contributed by atoms with Crippen molar-refractivity contribution in [2.24, 2.45) is 5.92 Å². The van der Waals surface area contributed by atoms with Gasteiger partial charge in [0.15, 0.2) is 0 Å². The van der Waals surface area contributed by atoms with E-state index in [0.717, 1.165) is 41.8 Å². The predicted molar refractivity (Wildman–Crippen MR) is 98.5 cm³/mol. The first-order valence-corrected chi connectivity index (χ1v) is 8.98. The molecule has 1 aliphatic heterocycles. The number of carbonyl (C=O) groups is 1. The molecule has 2 heterocycles. The molecule has 1 fully saturated rings. The van der Waals surface area contributed by atoms with Crippen molar-refractivity contribution in [1.82, 2.24) is 14.9 Å². The van der Waals surface area contributed by atoms with Gasteiger partial charge in [-0.2, -0.15) is 0 Å². The zero-order valence-corrected chi connectivity index (χ0v) is 15.5. The summed E-state index contributed by atoms with van der Waals surface area (Å²) in [7, 11) is 0. The van der Waals surface area contributed by atoms with Crippen molar-refractivity contribution in [2.45, 2.75) is 26.7 Å². The molecule has 1 N–H and O–H groups in total. The van der Waals surface area contributed by atoms with Gasteiger partial charge in [-0.15, -0.1) is 0 Å². The Bertz CT molecular complexity index is 724. The smallest absolute Gasteiger partial charge is 0.272 e. The molecule has 6 heteroatoms. The number of likely N-dealkylation sites (tertiary alicyclic amines) is 1. The number of aromatic nitrogens is 2. The van der Waals surface area contributed by atoms with Crippen LogP contribution in [0.25, 0.3) is 0 Å². The summed E-state index contributed by atoms with van der Waals surface area (Å²) in [4.78, 5) is 23.4. The molecule has 0 atom stereocenters. The molecule has 0 bridgehead atoms. The van der Waals surface area contributed by atoms with Crippen molar-refractivity contribution in [3.05, 3.63) is 46.2 Å². The number of aryl methyl sites for hydroxylation is 1. The van der Waals surface area contributed by atoms with Gasteiger partial charge in [0, 0.05) is 28.9 Å². The van der Waals surface area contributed by atoms with E-state index in [1.54, 1.807) is 6.07 Å². The molecular formula is C18H21BrN4O. The Morgan fingerprint density at radius 3 is 2.54 bits per heavy atom. The van der Waals surface area contributed by atoms with Crippen LogP contribution in [0.15, 0.2) is 34.8 Å². The summed E-state index contributed by atoms with van der Waals surface area (Å²) in [5.41, 5.74) is 2.11. The van der Waals surface area contributed by atoms with Gasteiger partial charge in [0.25, 0.3) is 5.91 Å². The molecular weight excluding hydrogens is 368 g/mol. The number of nitrogens with one attached hydrogen (secondary N) is 1. The maximum Gasteiger partial charge on any atom is 0.272 e. The van der Waals surface area contributed by atoms with Crippen molar-refractivity contribution in [3.8, 4) is 0 Å². The molecule has 0 saturated carbocycles. The summed E-state index contributed by atoms with van der Waals surface area (Å²) in [5.74, 6) is 1.13. The van der Waals surface area contributed by atoms with E-state index in [-0.39, 0.29) is 5.91 Å². The number of hydrogen-bond acceptors (Lipinski definition) is 4. The lowest BCUT2D eigenvalue weighted by molar-refractivity contribution is 0.0691. The summed E-state index contributed by atoms with van der Waals surface area (Å²) < 4.78 is 1.01. The number of hydrogen-bond donors (Lipinski definition) is 1. The molecule has 2 aromatic rings. The van der Waals surface area contributed by atoms with Gasteiger partial charge >= 0.3 is 0 Å². The maximum absolute atomic E-state index is 12.7. The number of nitrogens with zero attached hydrogens (tertiary/aromatic N) is 3. The average molecular weight is 389 g/mol. The zero-order valence-electron chi connectivity index (χ0n) is 13.9. The molecule has 1 amide bonds. The van der Waals surface area contributed by atoms with E-state index in [1.807, 2.05) is 36.1 Å². The largest absolute Gasteiger partial charge is 0.337 e. The molecule has 1 saturated heterocycles. The molecule has 1 aromatic carbocycles. The van der Waals surface area contributed by atoms with Gasteiger partial charge in [-0.1, -0.05) is 22.9 Å². The monoisotopic (exact) mass is 388 g/mol. The highest BCUT2D eigenvalue weighted by atomic mass is 79.9. The van der Waals surface area contributed by atoms with Gasteiger partial charge in [-0.05, 0) is 56.0 Å². The fraction of sp³-hybridized carbons (Fsp3) is 0.389. The Kier molecular flexibility index (Phi) is 5.14. The first kappa shape index (κ1) is 16.9. The van der Waals surface area contributed by atoms with Crippen LogP contribution in [-0.2, 0) is 0 Å². The second kappa shape index (κ2) is 7.30. The summed E-state index contributed by atoms with van der Waals surface area (Å²) in [6.07, 6.45) is 2.11. The Hall–Kier alpha value is -1.95. The Labute approximate surface area is 150 Å². The van der Waals surface area contributed by atoms with Crippen LogP contribution in [0.1, 0.15) is 35.9 Å². The summed E-state index contributed by atoms with van der Waals surface area (Å²) >= 11 is 3.41. The standard InChI is InChI=1S/C18H21BrN4O/c1-12-7-9-23(10-8-12)17(24)16-11-13(2)20-18(22-16)21-15-5-3-14(19)4-6-15/h3-6,11-12H,7-10H2,1-2H3,(H,20,21,22). The third kappa shape index (κ3) is 4.12. The third-order valence-electron chi connectivity index (χ3n) is 4.24. The molecule has 0 unspecified atom stereocenters. The molecule has 1 aliphatic rings. The van der Waals surface area contributed by atoms with Crippen molar-refractivity contribution in [2.75, 3.05) is 18.4 Å². The first-order valence-electron chi connectivity index (χ1n) is 8.19. The van der Waals surface area contributed by atoms with Gasteiger partial charge in [0.2, 0.25) is 5.95 Å². The van der Waals surface area contributed by atoms with Crippen LogP contribution in [0, 0.1) is 12.8 Å². The van der Waals surface area contributed by atoms with Gasteiger partial charge < -0.3 is 10.2 Å². The fourth-order valence-corrected chi connectivity index (χ4v) is 3.03. The fourth-order valence-electron chi connectivity index (χ4n) is 2.77. The summed E-state index contributed by atoms with van der Waals surface area (Å²) in [5, 5.41) is 3.16. The number of rotatable bonds is 3. The van der Waals surface area contributed by atoms with Crippen LogP contribution in [-0.4, -0.2) is 33.9 Å². The van der Waals surface area contributed by atoms with Crippen molar-refractivity contribution >= 4 is 33.5 Å². The minimum absolute atomic E-state index is 0.00810. The number of halogens is 1. The van der Waals surface area contributed by atoms with E-state index >= 15 is 0 Å². The SMILES string of the molecule is Cc1cc(C(=O)N2CCC(C)CC2)nc(Nc2ccc(Br)cc2)n1. The van der Waals surface area contributed by atoms with Crippen molar-refractivity contribution in [3.63, 3.8) is 0 Å². The Morgan fingerprint density at radius 1 is 1.21 bits per heavy atom. The molecule has 0 spiro atoms. The number of carbonyl (C=O) groups excluding carboxylic acids is 1. The highest BCUT2D eigenvalue weighted by molar-refractivity contribution is 9.10. The molecule has 0 radical (unpaired) electrons. The minimum atomic E-state index is -0.00810. The normalized spacial score (nSPS) is 15.4. The third-order valence-corrected chi connectivity index (χ3v) is 4.77. The van der Waals surface area contributed by atoms with Crippen LogP contribution in [0.2, 0.25) is 0 Å². The molecule has 126 valence electrons. The first-order chi connectivity index (χ1) is 11.5. The number of amides is 1. The van der Waals surface area contributed by atoms with Gasteiger partial charge in [-0.3, -0.25) is 4.79 Å². The van der Waals surface area contributed by atoms with Crippen molar-refractivity contribution < 1.29 is 4.79 Å². The van der Waals surface area contributed by atoms with Crippen LogP contribution < -0.4 is 5.32 Å². The Balaban J connectivity index is 1.78. The molecule has 24 heavy (non-hydrogen) atoms. The van der Waals surface area contributed by atoms with Crippen LogP contribution in [0.3, 0.4) is 0 Å². The second-order valence-corrected chi connectivity index (χ2v) is 7.24. The topological polar surface area (TPSA) is 58.1 Å². The van der Waals surface area contributed by atoms with Crippen LogP contribution >= 0.6 is 15.9 Å². The quantitative estimate of drug-likeness (QED) is 0.857. The molecule has 1 aromatic heterocycles. The highest BCUT2D eigenvalue weighted by Gasteiger charge is 2.23. The maximum atomic E-state index is 12.7.